The summed E-state index contributed by atoms with van der Waals surface area (Å²) in [7, 11) is 0. The van der Waals surface area contributed by atoms with E-state index in [0.29, 0.717) is 23.7 Å². The molecule has 7 atom stereocenters. The van der Waals surface area contributed by atoms with Crippen LogP contribution in [0.5, 0.6) is 0 Å². The van der Waals surface area contributed by atoms with E-state index in [0.717, 1.165) is 31.1 Å². The Balaban J connectivity index is 2.07. The van der Waals surface area contributed by atoms with Crippen molar-refractivity contribution in [1.29, 1.82) is 0 Å². The fourth-order valence-corrected chi connectivity index (χ4v) is 6.56. The Labute approximate surface area is 147 Å². The molecule has 0 N–H and O–H groups in total. The molecule has 0 radical (unpaired) electrons. The molecule has 3 rings (SSSR count). The summed E-state index contributed by atoms with van der Waals surface area (Å²) in [5, 5.41) is 2.79. The van der Waals surface area contributed by atoms with Crippen molar-refractivity contribution in [2.75, 3.05) is 0 Å². The van der Waals surface area contributed by atoms with Crippen molar-refractivity contribution in [1.82, 2.24) is 0 Å². The molecule has 0 bridgehead atoms. The molecule has 0 spiro atoms. The maximum absolute atomic E-state index is 5.09. The highest BCUT2D eigenvalue weighted by molar-refractivity contribution is 7.78. The quantitative estimate of drug-likeness (QED) is 0.347. The maximum atomic E-state index is 5.09. The number of thiocarbonyl (C=S) groups is 1. The fraction of sp³-hybridized carbons (Fsp3) is 0.762. The zero-order valence-electron chi connectivity index (χ0n) is 15.0. The standard InChI is InChI=1S/C21H31NS/c1-13(2)10-17-11-15(4)18-7-6-16(5)21(22-12-23)9-8-14(3)19(17)20(18)21/h15-20H,1,3,6-11H2,2,4-5H3/t15-,16-,17+,18+,19-,20-,21-/m0/s1. The second-order valence-electron chi connectivity index (χ2n) is 8.68. The number of hydrogen-bond donors (Lipinski definition) is 0. The predicted molar refractivity (Wildman–Crippen MR) is 102 cm³/mol. The van der Waals surface area contributed by atoms with Gasteiger partial charge in [0.25, 0.3) is 0 Å². The van der Waals surface area contributed by atoms with Gasteiger partial charge >= 0.3 is 0 Å². The molecule has 0 aliphatic heterocycles. The van der Waals surface area contributed by atoms with Crippen LogP contribution in [0.1, 0.15) is 59.3 Å². The third-order valence-electron chi connectivity index (χ3n) is 7.31. The summed E-state index contributed by atoms with van der Waals surface area (Å²) in [6.07, 6.45) is 7.34. The van der Waals surface area contributed by atoms with Crippen molar-refractivity contribution < 1.29 is 0 Å². The minimum Gasteiger partial charge on any atom is -0.225 e. The molecule has 3 saturated carbocycles. The molecule has 3 aliphatic rings. The minimum atomic E-state index is 0.0263. The molecule has 3 fully saturated rings. The lowest BCUT2D eigenvalue weighted by Crippen LogP contribution is -2.59. The van der Waals surface area contributed by atoms with Gasteiger partial charge in [-0.05, 0) is 93.2 Å². The van der Waals surface area contributed by atoms with E-state index in [9.17, 15) is 0 Å². The van der Waals surface area contributed by atoms with Crippen molar-refractivity contribution in [2.45, 2.75) is 64.8 Å². The molecule has 3 aliphatic carbocycles. The van der Waals surface area contributed by atoms with E-state index in [1.165, 1.54) is 30.4 Å². The van der Waals surface area contributed by atoms with Crippen molar-refractivity contribution in [2.24, 2.45) is 40.5 Å². The van der Waals surface area contributed by atoms with Gasteiger partial charge in [-0.2, -0.15) is 0 Å². The number of isothiocyanates is 1. The van der Waals surface area contributed by atoms with Crippen molar-refractivity contribution in [3.63, 3.8) is 0 Å². The van der Waals surface area contributed by atoms with Gasteiger partial charge in [-0.3, -0.25) is 0 Å². The van der Waals surface area contributed by atoms with Crippen LogP contribution in [0.3, 0.4) is 0 Å². The average Bonchev–Trinajstić information content (AvgIpc) is 2.47. The van der Waals surface area contributed by atoms with E-state index in [-0.39, 0.29) is 5.54 Å². The lowest BCUT2D eigenvalue weighted by Gasteiger charge is -2.61. The first-order chi connectivity index (χ1) is 10.9. The van der Waals surface area contributed by atoms with E-state index >= 15 is 0 Å². The monoisotopic (exact) mass is 329 g/mol. The number of rotatable bonds is 3. The van der Waals surface area contributed by atoms with Crippen LogP contribution in [0.15, 0.2) is 29.3 Å². The van der Waals surface area contributed by atoms with E-state index in [4.69, 9.17) is 17.2 Å². The van der Waals surface area contributed by atoms with E-state index in [1.807, 2.05) is 0 Å². The van der Waals surface area contributed by atoms with Gasteiger partial charge < -0.3 is 0 Å². The Morgan fingerprint density at radius 2 is 2.13 bits per heavy atom. The summed E-state index contributed by atoms with van der Waals surface area (Å²) in [6, 6.07) is 0. The van der Waals surface area contributed by atoms with Gasteiger partial charge in [-0.25, -0.2) is 4.99 Å². The summed E-state index contributed by atoms with van der Waals surface area (Å²) >= 11 is 5.09. The Morgan fingerprint density at radius 3 is 2.78 bits per heavy atom. The molecule has 23 heavy (non-hydrogen) atoms. The second kappa shape index (κ2) is 6.30. The fourth-order valence-electron chi connectivity index (χ4n) is 6.39. The van der Waals surface area contributed by atoms with Crippen LogP contribution >= 0.6 is 12.2 Å². The van der Waals surface area contributed by atoms with Gasteiger partial charge in [0.2, 0.25) is 0 Å². The molecule has 1 nitrogen and oxygen atoms in total. The number of aliphatic imine (C=N–C) groups is 1. The minimum absolute atomic E-state index is 0.0263. The number of allylic oxidation sites excluding steroid dienone is 2. The van der Waals surface area contributed by atoms with Crippen LogP contribution < -0.4 is 0 Å². The van der Waals surface area contributed by atoms with E-state index < -0.39 is 0 Å². The molecule has 0 aromatic heterocycles. The van der Waals surface area contributed by atoms with Crippen LogP contribution in [0.2, 0.25) is 0 Å². The predicted octanol–water partition coefficient (Wildman–Crippen LogP) is 6.08. The smallest absolute Gasteiger partial charge is 0.0775 e. The molecule has 0 aromatic rings. The Kier molecular flexibility index (Phi) is 4.69. The van der Waals surface area contributed by atoms with Crippen molar-refractivity contribution in [3.8, 4) is 0 Å². The zero-order chi connectivity index (χ0) is 16.8. The van der Waals surface area contributed by atoms with Crippen molar-refractivity contribution in [3.05, 3.63) is 24.3 Å². The molecule has 0 unspecified atom stereocenters. The van der Waals surface area contributed by atoms with Gasteiger partial charge in [-0.15, -0.1) is 6.58 Å². The lowest BCUT2D eigenvalue weighted by atomic mass is 9.45. The Hall–Kier alpha value is -0.720. The third-order valence-corrected chi connectivity index (χ3v) is 7.40. The average molecular weight is 330 g/mol. The topological polar surface area (TPSA) is 12.4 Å². The lowest BCUT2D eigenvalue weighted by molar-refractivity contribution is -0.0643. The highest BCUT2D eigenvalue weighted by atomic mass is 32.1. The van der Waals surface area contributed by atoms with Gasteiger partial charge in [0.15, 0.2) is 0 Å². The van der Waals surface area contributed by atoms with Gasteiger partial charge in [-0.1, -0.05) is 31.6 Å². The molecule has 126 valence electrons. The Bertz CT molecular complexity index is 558. The molecule has 0 saturated heterocycles. The Morgan fingerprint density at radius 1 is 1.39 bits per heavy atom. The SMILES string of the molecule is C=C(C)C[C@@H]1C[C@H](C)[C@H]2CC[C@H](C)[C@@]3(N=C=S)CCC(=C)[C@@H]1[C@H]23. The van der Waals surface area contributed by atoms with E-state index in [2.05, 4.69) is 39.1 Å². The summed E-state index contributed by atoms with van der Waals surface area (Å²) in [5.74, 6) is 4.10. The highest BCUT2D eigenvalue weighted by Gasteiger charge is 2.59. The number of hydrogen-bond acceptors (Lipinski definition) is 2. The van der Waals surface area contributed by atoms with Crippen LogP contribution in [0, 0.1) is 35.5 Å². The normalized spacial score (nSPS) is 45.8. The second-order valence-corrected chi connectivity index (χ2v) is 8.86. The van der Waals surface area contributed by atoms with Crippen LogP contribution in [0.4, 0.5) is 0 Å². The van der Waals surface area contributed by atoms with Gasteiger partial charge in [0, 0.05) is 0 Å². The molecular weight excluding hydrogens is 298 g/mol. The largest absolute Gasteiger partial charge is 0.225 e. The maximum Gasteiger partial charge on any atom is 0.0775 e. The molecule has 2 heteroatoms. The molecular formula is C21H31NS. The van der Waals surface area contributed by atoms with Gasteiger partial charge in [0.1, 0.15) is 0 Å². The highest BCUT2D eigenvalue weighted by Crippen LogP contribution is 2.62. The summed E-state index contributed by atoms with van der Waals surface area (Å²) in [6.45, 7) is 15.7. The first-order valence-electron chi connectivity index (χ1n) is 9.31. The van der Waals surface area contributed by atoms with Crippen LogP contribution in [-0.4, -0.2) is 10.7 Å². The zero-order valence-corrected chi connectivity index (χ0v) is 15.8. The van der Waals surface area contributed by atoms with E-state index in [1.54, 1.807) is 0 Å². The molecule has 0 amide bonds. The molecule has 0 aromatic carbocycles. The summed E-state index contributed by atoms with van der Waals surface area (Å²) in [5.41, 5.74) is 2.81. The first kappa shape index (κ1) is 17.1. The first-order valence-corrected chi connectivity index (χ1v) is 9.72. The number of nitrogens with zero attached hydrogens (tertiary/aromatic N) is 1. The summed E-state index contributed by atoms with van der Waals surface area (Å²) in [4.78, 5) is 4.88. The van der Waals surface area contributed by atoms with Crippen LogP contribution in [0.25, 0.3) is 0 Å². The third kappa shape index (κ3) is 2.68. The van der Waals surface area contributed by atoms with Crippen molar-refractivity contribution >= 4 is 17.4 Å². The van der Waals surface area contributed by atoms with Crippen LogP contribution in [-0.2, 0) is 0 Å². The summed E-state index contributed by atoms with van der Waals surface area (Å²) < 4.78 is 0. The molecule has 0 heterocycles. The van der Waals surface area contributed by atoms with Gasteiger partial charge in [0.05, 0.1) is 10.7 Å².